The van der Waals surface area contributed by atoms with E-state index in [0.717, 1.165) is 24.4 Å². The van der Waals surface area contributed by atoms with Crippen molar-refractivity contribution in [2.75, 3.05) is 26.3 Å². The first-order chi connectivity index (χ1) is 12.1. The summed E-state index contributed by atoms with van der Waals surface area (Å²) in [5.74, 6) is 0.897. The number of carbonyl (C=O) groups excluding carboxylic acids is 1. The van der Waals surface area contributed by atoms with E-state index in [1.54, 1.807) is 0 Å². The van der Waals surface area contributed by atoms with Crippen molar-refractivity contribution in [2.24, 2.45) is 0 Å². The topological polar surface area (TPSA) is 38.8 Å². The van der Waals surface area contributed by atoms with Crippen LogP contribution in [0, 0.1) is 0 Å². The van der Waals surface area contributed by atoms with Crippen LogP contribution in [-0.4, -0.2) is 42.5 Å². The van der Waals surface area contributed by atoms with Crippen molar-refractivity contribution in [3.63, 3.8) is 0 Å². The quantitative estimate of drug-likeness (QED) is 0.755. The van der Waals surface area contributed by atoms with Gasteiger partial charge < -0.3 is 9.47 Å². The second-order valence-corrected chi connectivity index (χ2v) is 6.79. The second kappa shape index (κ2) is 7.81. The minimum absolute atomic E-state index is 0.129. The molecule has 25 heavy (non-hydrogen) atoms. The number of benzene rings is 2. The van der Waals surface area contributed by atoms with Crippen LogP contribution in [-0.2, 0) is 11.3 Å². The van der Waals surface area contributed by atoms with Gasteiger partial charge in [-0.1, -0.05) is 30.3 Å². The van der Waals surface area contributed by atoms with E-state index in [1.807, 2.05) is 68.4 Å². The fraction of sp³-hybridized carbons (Fsp3) is 0.381. The minimum Gasteiger partial charge on any atom is -0.489 e. The van der Waals surface area contributed by atoms with Gasteiger partial charge in [0.25, 0.3) is 0 Å². The van der Waals surface area contributed by atoms with Gasteiger partial charge in [-0.05, 0) is 43.7 Å². The summed E-state index contributed by atoms with van der Waals surface area (Å²) in [7, 11) is 0. The Morgan fingerprint density at radius 1 is 1.04 bits per heavy atom. The number of rotatable bonds is 6. The summed E-state index contributed by atoms with van der Waals surface area (Å²) in [6.07, 6.45) is 0. The van der Waals surface area contributed by atoms with Gasteiger partial charge in [-0.3, -0.25) is 9.69 Å². The molecule has 0 N–H and O–H groups in total. The van der Waals surface area contributed by atoms with Crippen molar-refractivity contribution >= 4 is 5.78 Å². The Hall–Kier alpha value is -2.17. The number of morpholine rings is 1. The van der Waals surface area contributed by atoms with Crippen molar-refractivity contribution in [2.45, 2.75) is 26.0 Å². The standard InChI is InChI=1S/C21H25NO3/c1-21(2,22-12-14-24-15-13-22)20(23)18-8-10-19(11-9-18)25-16-17-6-4-3-5-7-17/h3-11H,12-16H2,1-2H3. The van der Waals surface area contributed by atoms with Gasteiger partial charge in [0.05, 0.1) is 18.8 Å². The zero-order valence-corrected chi connectivity index (χ0v) is 14.9. The maximum Gasteiger partial charge on any atom is 0.182 e. The van der Waals surface area contributed by atoms with Gasteiger partial charge in [-0.2, -0.15) is 0 Å². The first kappa shape index (κ1) is 17.6. The number of Topliss-reactive ketones (excluding diaryl/α,β-unsaturated/α-hetero) is 1. The van der Waals surface area contributed by atoms with E-state index in [4.69, 9.17) is 9.47 Å². The monoisotopic (exact) mass is 339 g/mol. The van der Waals surface area contributed by atoms with Crippen LogP contribution in [0.4, 0.5) is 0 Å². The molecule has 0 amide bonds. The highest BCUT2D eigenvalue weighted by Crippen LogP contribution is 2.23. The van der Waals surface area contributed by atoms with E-state index in [1.165, 1.54) is 0 Å². The van der Waals surface area contributed by atoms with Crippen LogP contribution in [0.25, 0.3) is 0 Å². The molecule has 2 aromatic carbocycles. The van der Waals surface area contributed by atoms with E-state index < -0.39 is 5.54 Å². The molecule has 4 nitrogen and oxygen atoms in total. The summed E-state index contributed by atoms with van der Waals surface area (Å²) in [5, 5.41) is 0. The molecule has 0 radical (unpaired) electrons. The highest BCUT2D eigenvalue weighted by molar-refractivity contribution is 6.02. The predicted molar refractivity (Wildman–Crippen MR) is 98.0 cm³/mol. The first-order valence-corrected chi connectivity index (χ1v) is 8.72. The molecule has 4 heteroatoms. The van der Waals surface area contributed by atoms with E-state index in [0.29, 0.717) is 25.4 Å². The molecule has 2 aromatic rings. The lowest BCUT2D eigenvalue weighted by atomic mass is 9.91. The van der Waals surface area contributed by atoms with Gasteiger partial charge in [0.2, 0.25) is 0 Å². The normalized spacial score (nSPS) is 15.8. The van der Waals surface area contributed by atoms with Gasteiger partial charge in [-0.25, -0.2) is 0 Å². The molecule has 0 atom stereocenters. The molecule has 1 aliphatic heterocycles. The summed E-state index contributed by atoms with van der Waals surface area (Å²) in [6.45, 7) is 7.44. The Kier molecular flexibility index (Phi) is 5.51. The SMILES string of the molecule is CC(C)(C(=O)c1ccc(OCc2ccccc2)cc1)N1CCOCC1. The maximum absolute atomic E-state index is 12.9. The average molecular weight is 339 g/mol. The van der Waals surface area contributed by atoms with Crippen LogP contribution in [0.2, 0.25) is 0 Å². The molecular weight excluding hydrogens is 314 g/mol. The highest BCUT2D eigenvalue weighted by Gasteiger charge is 2.35. The lowest BCUT2D eigenvalue weighted by molar-refractivity contribution is -0.00429. The third-order valence-corrected chi connectivity index (χ3v) is 4.72. The van der Waals surface area contributed by atoms with Crippen molar-refractivity contribution in [3.05, 3.63) is 65.7 Å². The number of hydrogen-bond donors (Lipinski definition) is 0. The lowest BCUT2D eigenvalue weighted by Gasteiger charge is -2.39. The average Bonchev–Trinajstić information content (AvgIpc) is 2.68. The van der Waals surface area contributed by atoms with Gasteiger partial charge in [-0.15, -0.1) is 0 Å². The molecular formula is C21H25NO3. The molecule has 0 unspecified atom stereocenters. The smallest absolute Gasteiger partial charge is 0.182 e. The lowest BCUT2D eigenvalue weighted by Crippen LogP contribution is -2.54. The van der Waals surface area contributed by atoms with Gasteiger partial charge in [0, 0.05) is 18.7 Å². The Balaban J connectivity index is 1.63. The Labute approximate surface area is 149 Å². The van der Waals surface area contributed by atoms with Crippen LogP contribution >= 0.6 is 0 Å². The Bertz CT molecular complexity index is 689. The van der Waals surface area contributed by atoms with Crippen LogP contribution < -0.4 is 4.74 Å². The largest absolute Gasteiger partial charge is 0.489 e. The van der Waals surface area contributed by atoms with E-state index in [9.17, 15) is 4.79 Å². The predicted octanol–water partition coefficient (Wildman–Crippen LogP) is 3.56. The van der Waals surface area contributed by atoms with Crippen molar-refractivity contribution in [3.8, 4) is 5.75 Å². The number of hydrogen-bond acceptors (Lipinski definition) is 4. The second-order valence-electron chi connectivity index (χ2n) is 6.79. The molecule has 1 fully saturated rings. The summed E-state index contributed by atoms with van der Waals surface area (Å²) in [6, 6.07) is 17.5. The highest BCUT2D eigenvalue weighted by atomic mass is 16.5. The third-order valence-electron chi connectivity index (χ3n) is 4.72. The summed E-state index contributed by atoms with van der Waals surface area (Å²) in [4.78, 5) is 15.1. The third kappa shape index (κ3) is 4.27. The number of carbonyl (C=O) groups is 1. The fourth-order valence-electron chi connectivity index (χ4n) is 3.06. The van der Waals surface area contributed by atoms with E-state index in [-0.39, 0.29) is 5.78 Å². The molecule has 1 heterocycles. The minimum atomic E-state index is -0.532. The number of nitrogens with zero attached hydrogens (tertiary/aromatic N) is 1. The molecule has 1 aliphatic rings. The maximum atomic E-state index is 12.9. The Morgan fingerprint density at radius 2 is 1.68 bits per heavy atom. The molecule has 0 bridgehead atoms. The Morgan fingerprint density at radius 3 is 2.32 bits per heavy atom. The molecule has 1 saturated heterocycles. The fourth-order valence-corrected chi connectivity index (χ4v) is 3.06. The number of ketones is 1. The summed E-state index contributed by atoms with van der Waals surface area (Å²) in [5.41, 5.74) is 1.30. The van der Waals surface area contributed by atoms with Gasteiger partial charge >= 0.3 is 0 Å². The van der Waals surface area contributed by atoms with Crippen molar-refractivity contribution in [1.29, 1.82) is 0 Å². The molecule has 132 valence electrons. The van der Waals surface area contributed by atoms with Crippen molar-refractivity contribution in [1.82, 2.24) is 4.90 Å². The first-order valence-electron chi connectivity index (χ1n) is 8.72. The summed E-state index contributed by atoms with van der Waals surface area (Å²) >= 11 is 0. The molecule has 0 spiro atoms. The molecule has 0 aromatic heterocycles. The van der Waals surface area contributed by atoms with E-state index in [2.05, 4.69) is 4.90 Å². The van der Waals surface area contributed by atoms with Crippen LogP contribution in [0.15, 0.2) is 54.6 Å². The van der Waals surface area contributed by atoms with Gasteiger partial charge in [0.1, 0.15) is 12.4 Å². The van der Waals surface area contributed by atoms with Crippen LogP contribution in [0.1, 0.15) is 29.8 Å². The van der Waals surface area contributed by atoms with E-state index >= 15 is 0 Å². The van der Waals surface area contributed by atoms with Crippen molar-refractivity contribution < 1.29 is 14.3 Å². The molecule has 3 rings (SSSR count). The van der Waals surface area contributed by atoms with Gasteiger partial charge in [0.15, 0.2) is 5.78 Å². The number of ether oxygens (including phenoxy) is 2. The molecule has 0 saturated carbocycles. The molecule has 0 aliphatic carbocycles. The zero-order valence-electron chi connectivity index (χ0n) is 14.9. The zero-order chi connectivity index (χ0) is 17.7. The summed E-state index contributed by atoms with van der Waals surface area (Å²) < 4.78 is 11.2. The van der Waals surface area contributed by atoms with Crippen LogP contribution in [0.3, 0.4) is 0 Å². The van der Waals surface area contributed by atoms with Crippen LogP contribution in [0.5, 0.6) is 5.75 Å².